The molecule has 1 saturated heterocycles. The van der Waals surface area contributed by atoms with Crippen molar-refractivity contribution in [3.8, 4) is 18.1 Å². The third-order valence-corrected chi connectivity index (χ3v) is 3.56. The zero-order valence-corrected chi connectivity index (χ0v) is 11.2. The molecular weight excluding hydrogens is 242 g/mol. The van der Waals surface area contributed by atoms with Gasteiger partial charge < -0.3 is 9.64 Å². The van der Waals surface area contributed by atoms with Gasteiger partial charge in [0.2, 0.25) is 0 Å². The Morgan fingerprint density at radius 2 is 1.89 bits per heavy atom. The van der Waals surface area contributed by atoms with E-state index in [1.165, 1.54) is 19.3 Å². The van der Waals surface area contributed by atoms with Crippen LogP contribution in [-0.4, -0.2) is 29.6 Å². The number of nitrogens with zero attached hydrogens (tertiary/aromatic N) is 1. The molecule has 0 atom stereocenters. The van der Waals surface area contributed by atoms with Crippen LogP contribution in [0.4, 0.5) is 0 Å². The van der Waals surface area contributed by atoms with Gasteiger partial charge in [0.15, 0.2) is 0 Å². The molecule has 0 N–H and O–H groups in total. The Balaban J connectivity index is 2.00. The van der Waals surface area contributed by atoms with Crippen LogP contribution in [0.2, 0.25) is 0 Å². The Bertz CT molecular complexity index is 441. The minimum Gasteiger partial charge on any atom is -0.481 e. The maximum absolute atomic E-state index is 5.52. The molecule has 0 saturated carbocycles. The highest BCUT2D eigenvalue weighted by molar-refractivity contribution is 7.80. The molecule has 0 bridgehead atoms. The van der Waals surface area contributed by atoms with E-state index >= 15 is 0 Å². The van der Waals surface area contributed by atoms with Gasteiger partial charge in [0.25, 0.3) is 0 Å². The van der Waals surface area contributed by atoms with Crippen molar-refractivity contribution >= 4 is 17.2 Å². The summed E-state index contributed by atoms with van der Waals surface area (Å²) >= 11 is 5.52. The van der Waals surface area contributed by atoms with Gasteiger partial charge >= 0.3 is 0 Å². The van der Waals surface area contributed by atoms with E-state index < -0.39 is 0 Å². The second kappa shape index (κ2) is 6.42. The van der Waals surface area contributed by atoms with E-state index in [9.17, 15) is 0 Å². The number of likely N-dealkylation sites (tertiary alicyclic amines) is 1. The van der Waals surface area contributed by atoms with Crippen LogP contribution in [0.25, 0.3) is 0 Å². The average Bonchev–Trinajstić information content (AvgIpc) is 2.46. The van der Waals surface area contributed by atoms with Crippen molar-refractivity contribution in [2.24, 2.45) is 0 Å². The molecule has 0 unspecified atom stereocenters. The van der Waals surface area contributed by atoms with Crippen LogP contribution < -0.4 is 4.74 Å². The van der Waals surface area contributed by atoms with E-state index in [0.717, 1.165) is 29.4 Å². The summed E-state index contributed by atoms with van der Waals surface area (Å²) < 4.78 is 5.34. The SMILES string of the molecule is C#CCOc1ccc(C(=S)N2CCCCC2)cc1. The minimum atomic E-state index is 0.302. The van der Waals surface area contributed by atoms with Crippen molar-refractivity contribution in [3.05, 3.63) is 29.8 Å². The third kappa shape index (κ3) is 3.24. The van der Waals surface area contributed by atoms with Crippen molar-refractivity contribution < 1.29 is 4.74 Å². The molecule has 2 nitrogen and oxygen atoms in total. The molecule has 18 heavy (non-hydrogen) atoms. The third-order valence-electron chi connectivity index (χ3n) is 3.07. The molecule has 2 rings (SSSR count). The minimum absolute atomic E-state index is 0.302. The van der Waals surface area contributed by atoms with Crippen molar-refractivity contribution in [1.29, 1.82) is 0 Å². The monoisotopic (exact) mass is 259 g/mol. The molecular formula is C15H17NOS. The number of piperidine rings is 1. The molecule has 1 aliphatic rings. The van der Waals surface area contributed by atoms with Gasteiger partial charge in [-0.3, -0.25) is 0 Å². The average molecular weight is 259 g/mol. The Labute approximate surface area is 114 Å². The maximum Gasteiger partial charge on any atom is 0.148 e. The van der Waals surface area contributed by atoms with E-state index in [2.05, 4.69) is 10.8 Å². The van der Waals surface area contributed by atoms with Gasteiger partial charge in [-0.05, 0) is 43.5 Å². The summed E-state index contributed by atoms with van der Waals surface area (Å²) in [5, 5.41) is 0. The van der Waals surface area contributed by atoms with Crippen molar-refractivity contribution in [2.75, 3.05) is 19.7 Å². The maximum atomic E-state index is 5.52. The molecule has 1 aliphatic heterocycles. The van der Waals surface area contributed by atoms with Crippen LogP contribution in [0.1, 0.15) is 24.8 Å². The molecule has 0 aromatic heterocycles. The largest absolute Gasteiger partial charge is 0.481 e. The van der Waals surface area contributed by atoms with E-state index in [1.54, 1.807) is 0 Å². The predicted molar refractivity (Wildman–Crippen MR) is 77.9 cm³/mol. The zero-order chi connectivity index (χ0) is 12.8. The lowest BCUT2D eigenvalue weighted by Crippen LogP contribution is -2.34. The lowest BCUT2D eigenvalue weighted by Gasteiger charge is -2.29. The van der Waals surface area contributed by atoms with E-state index in [-0.39, 0.29) is 0 Å². The normalized spacial score (nSPS) is 14.9. The fourth-order valence-electron chi connectivity index (χ4n) is 2.10. The lowest BCUT2D eigenvalue weighted by molar-refractivity contribution is 0.347. The van der Waals surface area contributed by atoms with Crippen LogP contribution in [0.3, 0.4) is 0 Å². The summed E-state index contributed by atoms with van der Waals surface area (Å²) in [5.41, 5.74) is 1.08. The molecule has 0 amide bonds. The van der Waals surface area contributed by atoms with Crippen LogP contribution in [-0.2, 0) is 0 Å². The zero-order valence-electron chi connectivity index (χ0n) is 10.4. The first-order valence-electron chi connectivity index (χ1n) is 6.27. The fourth-order valence-corrected chi connectivity index (χ4v) is 2.42. The van der Waals surface area contributed by atoms with Gasteiger partial charge in [-0.2, -0.15) is 0 Å². The quantitative estimate of drug-likeness (QED) is 0.612. The van der Waals surface area contributed by atoms with Crippen molar-refractivity contribution in [3.63, 3.8) is 0 Å². The number of hydrogen-bond donors (Lipinski definition) is 0. The molecule has 3 heteroatoms. The Kier molecular flexibility index (Phi) is 4.60. The number of hydrogen-bond acceptors (Lipinski definition) is 2. The highest BCUT2D eigenvalue weighted by Crippen LogP contribution is 2.17. The van der Waals surface area contributed by atoms with Gasteiger partial charge in [0, 0.05) is 18.7 Å². The topological polar surface area (TPSA) is 12.5 Å². The second-order valence-corrected chi connectivity index (χ2v) is 4.76. The first kappa shape index (κ1) is 12.9. The smallest absolute Gasteiger partial charge is 0.148 e. The van der Waals surface area contributed by atoms with Crippen molar-refractivity contribution in [2.45, 2.75) is 19.3 Å². The lowest BCUT2D eigenvalue weighted by atomic mass is 10.1. The van der Waals surface area contributed by atoms with Crippen LogP contribution in [0, 0.1) is 12.3 Å². The first-order chi connectivity index (χ1) is 8.81. The number of benzene rings is 1. The first-order valence-corrected chi connectivity index (χ1v) is 6.67. The predicted octanol–water partition coefficient (Wildman–Crippen LogP) is 2.86. The van der Waals surface area contributed by atoms with Crippen molar-refractivity contribution in [1.82, 2.24) is 4.90 Å². The van der Waals surface area contributed by atoms with Gasteiger partial charge in [0.05, 0.1) is 0 Å². The van der Waals surface area contributed by atoms with Crippen LogP contribution in [0.15, 0.2) is 24.3 Å². The summed E-state index contributed by atoms with van der Waals surface area (Å²) in [6, 6.07) is 7.84. The molecule has 1 aromatic carbocycles. The molecule has 1 fully saturated rings. The van der Waals surface area contributed by atoms with Crippen LogP contribution in [0.5, 0.6) is 5.75 Å². The highest BCUT2D eigenvalue weighted by atomic mass is 32.1. The number of rotatable bonds is 3. The number of ether oxygens (including phenoxy) is 1. The molecule has 1 heterocycles. The molecule has 1 aromatic rings. The standard InChI is InChI=1S/C15H17NOS/c1-2-12-17-14-8-6-13(7-9-14)15(18)16-10-4-3-5-11-16/h1,6-9H,3-5,10-12H2. The summed E-state index contributed by atoms with van der Waals surface area (Å²) in [7, 11) is 0. The summed E-state index contributed by atoms with van der Waals surface area (Å²) in [6.45, 7) is 2.46. The van der Waals surface area contributed by atoms with Gasteiger partial charge in [-0.1, -0.05) is 18.1 Å². The summed E-state index contributed by atoms with van der Waals surface area (Å²) in [6.07, 6.45) is 8.95. The van der Waals surface area contributed by atoms with E-state index in [0.29, 0.717) is 6.61 Å². The summed E-state index contributed by atoms with van der Waals surface area (Å²) in [5.74, 6) is 3.24. The van der Waals surface area contributed by atoms with Gasteiger partial charge in [-0.15, -0.1) is 6.42 Å². The van der Waals surface area contributed by atoms with Crippen LogP contribution >= 0.6 is 12.2 Å². The molecule has 0 radical (unpaired) electrons. The fraction of sp³-hybridized carbons (Fsp3) is 0.400. The van der Waals surface area contributed by atoms with Gasteiger partial charge in [-0.25, -0.2) is 0 Å². The molecule has 0 spiro atoms. The Morgan fingerprint density at radius 3 is 2.50 bits per heavy atom. The number of thiocarbonyl (C=S) groups is 1. The Hall–Kier alpha value is -1.53. The number of terminal acetylenes is 1. The second-order valence-electron chi connectivity index (χ2n) is 4.37. The summed E-state index contributed by atoms with van der Waals surface area (Å²) in [4.78, 5) is 3.23. The molecule has 94 valence electrons. The van der Waals surface area contributed by atoms with E-state index in [4.69, 9.17) is 23.4 Å². The Morgan fingerprint density at radius 1 is 1.22 bits per heavy atom. The van der Waals surface area contributed by atoms with E-state index in [1.807, 2.05) is 24.3 Å². The highest BCUT2D eigenvalue weighted by Gasteiger charge is 2.14. The van der Waals surface area contributed by atoms with Gasteiger partial charge in [0.1, 0.15) is 17.3 Å². The molecule has 0 aliphatic carbocycles.